The van der Waals surface area contributed by atoms with E-state index in [2.05, 4.69) is 5.32 Å². The van der Waals surface area contributed by atoms with E-state index in [-0.39, 0.29) is 5.91 Å². The Labute approximate surface area is 116 Å². The van der Waals surface area contributed by atoms with Crippen molar-refractivity contribution >= 4 is 23.1 Å². The number of nitrogens with two attached hydrogens (primary N) is 1. The minimum Gasteiger partial charge on any atom is -0.392 e. The summed E-state index contributed by atoms with van der Waals surface area (Å²) < 4.78 is 4.95. The van der Waals surface area contributed by atoms with E-state index < -0.39 is 5.41 Å². The fourth-order valence-electron chi connectivity index (χ4n) is 2.15. The largest absolute Gasteiger partial charge is 0.392 e. The summed E-state index contributed by atoms with van der Waals surface area (Å²) in [5.41, 5.74) is 5.15. The maximum atomic E-state index is 12.3. The van der Waals surface area contributed by atoms with Crippen molar-refractivity contribution in [2.24, 2.45) is 11.1 Å². The Bertz CT molecular complexity index is 264. The SMILES string of the molecule is CCCC(CCC)(C(=O)NCCCOC)C(N)=S. The van der Waals surface area contributed by atoms with Crippen LogP contribution in [0.4, 0.5) is 0 Å². The van der Waals surface area contributed by atoms with Crippen LogP contribution >= 0.6 is 12.2 Å². The smallest absolute Gasteiger partial charge is 0.233 e. The molecule has 0 aliphatic rings. The monoisotopic (exact) mass is 274 g/mol. The minimum atomic E-state index is -0.675. The Balaban J connectivity index is 4.61. The fraction of sp³-hybridized carbons (Fsp3) is 0.846. The van der Waals surface area contributed by atoms with Gasteiger partial charge in [0.05, 0.1) is 10.4 Å². The minimum absolute atomic E-state index is 0.0326. The van der Waals surface area contributed by atoms with Crippen LogP contribution in [0.25, 0.3) is 0 Å². The second kappa shape index (κ2) is 9.28. The first-order valence-electron chi connectivity index (χ1n) is 6.62. The summed E-state index contributed by atoms with van der Waals surface area (Å²) in [5, 5.41) is 2.92. The van der Waals surface area contributed by atoms with Crippen LogP contribution in [0.1, 0.15) is 46.0 Å². The average molecular weight is 274 g/mol. The topological polar surface area (TPSA) is 64.3 Å². The Kier molecular flexibility index (Phi) is 8.93. The number of nitrogens with one attached hydrogen (secondary N) is 1. The number of carbonyl (C=O) groups is 1. The van der Waals surface area contributed by atoms with Crippen molar-refractivity contribution in [1.82, 2.24) is 5.32 Å². The molecule has 0 saturated carbocycles. The quantitative estimate of drug-likeness (QED) is 0.472. The van der Waals surface area contributed by atoms with Crippen LogP contribution in [0.15, 0.2) is 0 Å². The van der Waals surface area contributed by atoms with Crippen LogP contribution in [0, 0.1) is 5.41 Å². The molecule has 4 nitrogen and oxygen atoms in total. The molecule has 1 amide bonds. The van der Waals surface area contributed by atoms with Gasteiger partial charge in [-0.1, -0.05) is 38.9 Å². The molecule has 0 heterocycles. The third-order valence-electron chi connectivity index (χ3n) is 3.07. The lowest BCUT2D eigenvalue weighted by molar-refractivity contribution is -0.128. The standard InChI is InChI=1S/C13H26N2O2S/c1-4-7-13(8-5-2,11(14)18)12(16)15-9-6-10-17-3/h4-10H2,1-3H3,(H2,14,18)(H,15,16). The molecule has 0 rings (SSSR count). The lowest BCUT2D eigenvalue weighted by Crippen LogP contribution is -2.49. The van der Waals surface area contributed by atoms with Crippen LogP contribution < -0.4 is 11.1 Å². The van der Waals surface area contributed by atoms with Crippen LogP contribution in [0.2, 0.25) is 0 Å². The average Bonchev–Trinajstić information content (AvgIpc) is 2.33. The first-order chi connectivity index (χ1) is 8.55. The van der Waals surface area contributed by atoms with E-state index in [0.29, 0.717) is 31.0 Å². The van der Waals surface area contributed by atoms with E-state index in [1.165, 1.54) is 0 Å². The van der Waals surface area contributed by atoms with Crippen LogP contribution in [0.3, 0.4) is 0 Å². The number of ether oxygens (including phenoxy) is 1. The Hall–Kier alpha value is -0.680. The van der Waals surface area contributed by atoms with E-state index in [1.807, 2.05) is 13.8 Å². The Morgan fingerprint density at radius 1 is 1.33 bits per heavy atom. The van der Waals surface area contributed by atoms with Crippen molar-refractivity contribution in [2.75, 3.05) is 20.3 Å². The summed E-state index contributed by atoms with van der Waals surface area (Å²) in [6.45, 7) is 5.33. The van der Waals surface area contributed by atoms with E-state index in [9.17, 15) is 4.79 Å². The predicted octanol–water partition coefficient (Wildman–Crippen LogP) is 2.01. The lowest BCUT2D eigenvalue weighted by atomic mass is 9.78. The molecule has 0 bridgehead atoms. The molecule has 5 heteroatoms. The van der Waals surface area contributed by atoms with E-state index in [0.717, 1.165) is 19.3 Å². The fourth-order valence-corrected chi connectivity index (χ4v) is 2.45. The van der Waals surface area contributed by atoms with Gasteiger partial charge in [0.1, 0.15) is 0 Å². The Morgan fingerprint density at radius 2 is 1.89 bits per heavy atom. The maximum absolute atomic E-state index is 12.3. The number of hydrogen-bond acceptors (Lipinski definition) is 3. The number of hydrogen-bond donors (Lipinski definition) is 2. The molecule has 0 aromatic rings. The highest BCUT2D eigenvalue weighted by molar-refractivity contribution is 7.80. The van der Waals surface area contributed by atoms with Gasteiger partial charge in [-0.15, -0.1) is 0 Å². The van der Waals surface area contributed by atoms with Crippen molar-refractivity contribution in [3.8, 4) is 0 Å². The third kappa shape index (κ3) is 4.90. The van der Waals surface area contributed by atoms with E-state index in [4.69, 9.17) is 22.7 Å². The summed E-state index contributed by atoms with van der Waals surface area (Å²) >= 11 is 5.13. The zero-order valence-corrected chi connectivity index (χ0v) is 12.6. The summed E-state index contributed by atoms with van der Waals surface area (Å²) in [6.07, 6.45) is 4.01. The Morgan fingerprint density at radius 3 is 2.28 bits per heavy atom. The summed E-state index contributed by atoms with van der Waals surface area (Å²) in [7, 11) is 1.65. The molecule has 0 spiro atoms. The zero-order chi connectivity index (χ0) is 14.0. The molecule has 0 radical (unpaired) electrons. The van der Waals surface area contributed by atoms with Gasteiger partial charge in [-0.3, -0.25) is 4.79 Å². The lowest BCUT2D eigenvalue weighted by Gasteiger charge is -2.31. The number of carbonyl (C=O) groups excluding carboxylic acids is 1. The van der Waals surface area contributed by atoms with Gasteiger partial charge in [-0.2, -0.15) is 0 Å². The van der Waals surface area contributed by atoms with E-state index in [1.54, 1.807) is 7.11 Å². The van der Waals surface area contributed by atoms with Crippen molar-refractivity contribution in [3.05, 3.63) is 0 Å². The first-order valence-corrected chi connectivity index (χ1v) is 7.03. The molecule has 0 aromatic carbocycles. The zero-order valence-electron chi connectivity index (χ0n) is 11.8. The van der Waals surface area contributed by atoms with E-state index >= 15 is 0 Å². The van der Waals surface area contributed by atoms with Gasteiger partial charge in [0.2, 0.25) is 5.91 Å². The van der Waals surface area contributed by atoms with Crippen molar-refractivity contribution in [3.63, 3.8) is 0 Å². The van der Waals surface area contributed by atoms with Gasteiger partial charge in [0.15, 0.2) is 0 Å². The molecule has 0 aromatic heterocycles. The first kappa shape index (κ1) is 17.3. The van der Waals surface area contributed by atoms with Crippen molar-refractivity contribution < 1.29 is 9.53 Å². The molecule has 0 atom stereocenters. The third-order valence-corrected chi connectivity index (χ3v) is 3.46. The van der Waals surface area contributed by atoms with Crippen LogP contribution in [-0.2, 0) is 9.53 Å². The molecule has 3 N–H and O–H groups in total. The molecule has 0 unspecified atom stereocenters. The van der Waals surface area contributed by atoms with Gasteiger partial charge >= 0.3 is 0 Å². The summed E-state index contributed by atoms with van der Waals surface area (Å²) in [6, 6.07) is 0. The number of amides is 1. The van der Waals surface area contributed by atoms with Gasteiger partial charge < -0.3 is 15.8 Å². The molecular formula is C13H26N2O2S. The molecule has 0 fully saturated rings. The van der Waals surface area contributed by atoms with Crippen LogP contribution in [0.5, 0.6) is 0 Å². The maximum Gasteiger partial charge on any atom is 0.233 e. The molecule has 18 heavy (non-hydrogen) atoms. The highest BCUT2D eigenvalue weighted by Crippen LogP contribution is 2.30. The second-order valence-corrected chi connectivity index (χ2v) is 4.99. The molecule has 106 valence electrons. The predicted molar refractivity (Wildman–Crippen MR) is 78.5 cm³/mol. The highest BCUT2D eigenvalue weighted by Gasteiger charge is 2.39. The van der Waals surface area contributed by atoms with Gasteiger partial charge in [0, 0.05) is 20.3 Å². The van der Waals surface area contributed by atoms with Crippen molar-refractivity contribution in [2.45, 2.75) is 46.0 Å². The number of rotatable bonds is 10. The van der Waals surface area contributed by atoms with Gasteiger partial charge in [-0.05, 0) is 19.3 Å². The molecule has 0 saturated heterocycles. The number of methoxy groups -OCH3 is 1. The highest BCUT2D eigenvalue weighted by atomic mass is 32.1. The molecule has 0 aliphatic heterocycles. The summed E-state index contributed by atoms with van der Waals surface area (Å²) in [5.74, 6) is -0.0326. The summed E-state index contributed by atoms with van der Waals surface area (Å²) in [4.78, 5) is 12.6. The molecule has 0 aliphatic carbocycles. The van der Waals surface area contributed by atoms with Crippen molar-refractivity contribution in [1.29, 1.82) is 0 Å². The van der Waals surface area contributed by atoms with Crippen LogP contribution in [-0.4, -0.2) is 31.2 Å². The normalized spacial score (nSPS) is 11.3. The molecular weight excluding hydrogens is 248 g/mol. The van der Waals surface area contributed by atoms with Gasteiger partial charge in [-0.25, -0.2) is 0 Å². The second-order valence-electron chi connectivity index (χ2n) is 4.55. The van der Waals surface area contributed by atoms with Gasteiger partial charge in [0.25, 0.3) is 0 Å². The number of thiocarbonyl (C=S) groups is 1.